The number of halogens is 1. The number of carbonyl (C=O) groups excluding carboxylic acids is 1. The van der Waals surface area contributed by atoms with Crippen LogP contribution in [0.15, 0.2) is 55.0 Å². The van der Waals surface area contributed by atoms with Gasteiger partial charge in [0.1, 0.15) is 5.82 Å². The van der Waals surface area contributed by atoms with Crippen LogP contribution < -0.4 is 4.90 Å². The molecule has 0 unspecified atom stereocenters. The Morgan fingerprint density at radius 1 is 1.12 bits per heavy atom. The number of carbonyl (C=O) groups is 1. The summed E-state index contributed by atoms with van der Waals surface area (Å²) in [5.74, 6) is -0.130. The van der Waals surface area contributed by atoms with Gasteiger partial charge in [-0.3, -0.25) is 9.78 Å². The number of anilines is 1. The highest BCUT2D eigenvalue weighted by Crippen LogP contribution is 2.33. The molecule has 2 aliphatic rings. The van der Waals surface area contributed by atoms with Gasteiger partial charge in [-0.1, -0.05) is 18.2 Å². The highest BCUT2D eigenvalue weighted by atomic mass is 19.1. The zero-order chi connectivity index (χ0) is 21.9. The molecule has 2 fully saturated rings. The van der Waals surface area contributed by atoms with Crippen LogP contribution in [0.4, 0.5) is 10.3 Å². The molecule has 1 aromatic carbocycles. The van der Waals surface area contributed by atoms with Crippen LogP contribution >= 0.6 is 0 Å². The summed E-state index contributed by atoms with van der Waals surface area (Å²) in [6.45, 7) is 2.91. The molecule has 1 saturated heterocycles. The number of aromatic nitrogens is 3. The van der Waals surface area contributed by atoms with Gasteiger partial charge in [-0.15, -0.1) is 0 Å². The third-order valence-corrected chi connectivity index (χ3v) is 5.75. The number of hydrogen-bond acceptors (Lipinski definition) is 6. The monoisotopic (exact) mass is 433 g/mol. The summed E-state index contributed by atoms with van der Waals surface area (Å²) >= 11 is 0. The fourth-order valence-corrected chi connectivity index (χ4v) is 3.90. The molecule has 0 N–H and O–H groups in total. The zero-order valence-corrected chi connectivity index (χ0v) is 17.7. The van der Waals surface area contributed by atoms with Gasteiger partial charge in [0.25, 0.3) is 5.91 Å². The third kappa shape index (κ3) is 4.31. The fraction of sp³-hybridized carbons (Fsp3) is 0.333. The number of rotatable bonds is 6. The molecule has 2 aromatic heterocycles. The van der Waals surface area contributed by atoms with E-state index in [0.717, 1.165) is 18.4 Å². The van der Waals surface area contributed by atoms with E-state index in [0.29, 0.717) is 55.6 Å². The SMILES string of the molecule is O=C(c1cnc(N2CCOCC2)nc1-c1ccccc1F)N(Cc1cccnc1)C1CC1. The number of morpholine rings is 1. The normalized spacial score (nSPS) is 16.1. The summed E-state index contributed by atoms with van der Waals surface area (Å²) in [5.41, 5.74) is 1.88. The number of ether oxygens (including phenoxy) is 1. The predicted octanol–water partition coefficient (Wildman–Crippen LogP) is 3.32. The second-order valence-electron chi connectivity index (χ2n) is 8.04. The van der Waals surface area contributed by atoms with Gasteiger partial charge in [0, 0.05) is 49.8 Å². The van der Waals surface area contributed by atoms with E-state index in [1.165, 1.54) is 6.07 Å². The molecule has 3 aromatic rings. The average molecular weight is 433 g/mol. The molecule has 8 heteroatoms. The van der Waals surface area contributed by atoms with E-state index in [9.17, 15) is 9.18 Å². The molecule has 5 rings (SSSR count). The van der Waals surface area contributed by atoms with Crippen molar-refractivity contribution in [2.24, 2.45) is 0 Å². The third-order valence-electron chi connectivity index (χ3n) is 5.75. The second kappa shape index (κ2) is 9.00. The average Bonchev–Trinajstić information content (AvgIpc) is 3.69. The highest BCUT2D eigenvalue weighted by molar-refractivity contribution is 6.00. The standard InChI is InChI=1S/C24H24FN5O2/c25-21-6-2-1-5-19(21)22-20(15-27-24(28-22)29-10-12-32-13-11-29)23(31)30(18-7-8-18)16-17-4-3-9-26-14-17/h1-6,9,14-15,18H,7-8,10-13,16H2. The van der Waals surface area contributed by atoms with E-state index in [1.54, 1.807) is 36.8 Å². The summed E-state index contributed by atoms with van der Waals surface area (Å²) in [5, 5.41) is 0. The lowest BCUT2D eigenvalue weighted by Crippen LogP contribution is -2.38. The smallest absolute Gasteiger partial charge is 0.258 e. The van der Waals surface area contributed by atoms with Gasteiger partial charge in [-0.05, 0) is 36.6 Å². The first kappa shape index (κ1) is 20.5. The zero-order valence-electron chi connectivity index (χ0n) is 17.7. The quantitative estimate of drug-likeness (QED) is 0.594. The maximum absolute atomic E-state index is 14.8. The summed E-state index contributed by atoms with van der Waals surface area (Å²) in [4.78, 5) is 30.8. The van der Waals surface area contributed by atoms with Gasteiger partial charge in [0.05, 0.1) is 24.5 Å². The van der Waals surface area contributed by atoms with Crippen LogP contribution in [-0.2, 0) is 11.3 Å². The molecule has 1 aliphatic carbocycles. The van der Waals surface area contributed by atoms with Crippen molar-refractivity contribution in [1.82, 2.24) is 19.9 Å². The number of nitrogens with zero attached hydrogens (tertiary/aromatic N) is 5. The Morgan fingerprint density at radius 3 is 2.66 bits per heavy atom. The van der Waals surface area contributed by atoms with Gasteiger partial charge in [-0.2, -0.15) is 0 Å². The van der Waals surface area contributed by atoms with Crippen molar-refractivity contribution in [2.75, 3.05) is 31.2 Å². The molecule has 0 bridgehead atoms. The summed E-state index contributed by atoms with van der Waals surface area (Å²) < 4.78 is 20.2. The minimum atomic E-state index is -0.418. The van der Waals surface area contributed by atoms with Gasteiger partial charge in [-0.25, -0.2) is 14.4 Å². The van der Waals surface area contributed by atoms with E-state index in [2.05, 4.69) is 15.0 Å². The highest BCUT2D eigenvalue weighted by Gasteiger charge is 2.35. The predicted molar refractivity (Wildman–Crippen MR) is 118 cm³/mol. The molecular weight excluding hydrogens is 409 g/mol. The van der Waals surface area contributed by atoms with E-state index in [4.69, 9.17) is 4.74 Å². The minimum Gasteiger partial charge on any atom is -0.378 e. The Hall–Kier alpha value is -3.39. The molecule has 0 radical (unpaired) electrons. The topological polar surface area (TPSA) is 71.5 Å². The molecule has 164 valence electrons. The van der Waals surface area contributed by atoms with E-state index < -0.39 is 5.82 Å². The van der Waals surface area contributed by atoms with E-state index in [1.807, 2.05) is 21.9 Å². The Bertz CT molecular complexity index is 1100. The van der Waals surface area contributed by atoms with Crippen LogP contribution in [0.25, 0.3) is 11.3 Å². The molecular formula is C24H24FN5O2. The van der Waals surface area contributed by atoms with Crippen molar-refractivity contribution in [2.45, 2.75) is 25.4 Å². The Kier molecular flexibility index (Phi) is 5.77. The lowest BCUT2D eigenvalue weighted by atomic mass is 10.1. The number of hydrogen-bond donors (Lipinski definition) is 0. The molecule has 32 heavy (non-hydrogen) atoms. The lowest BCUT2D eigenvalue weighted by Gasteiger charge is -2.28. The molecule has 0 atom stereocenters. The summed E-state index contributed by atoms with van der Waals surface area (Å²) in [6.07, 6.45) is 6.92. The maximum atomic E-state index is 14.8. The minimum absolute atomic E-state index is 0.162. The van der Waals surface area contributed by atoms with E-state index >= 15 is 0 Å². The number of amides is 1. The van der Waals surface area contributed by atoms with Crippen molar-refractivity contribution in [1.29, 1.82) is 0 Å². The fourth-order valence-electron chi connectivity index (χ4n) is 3.90. The maximum Gasteiger partial charge on any atom is 0.258 e. The first-order chi connectivity index (χ1) is 15.7. The second-order valence-corrected chi connectivity index (χ2v) is 8.04. The molecule has 7 nitrogen and oxygen atoms in total. The Labute approximate surface area is 185 Å². The number of benzene rings is 1. The molecule has 1 aliphatic heterocycles. The molecule has 0 spiro atoms. The van der Waals surface area contributed by atoms with Crippen molar-refractivity contribution < 1.29 is 13.9 Å². The summed E-state index contributed by atoms with van der Waals surface area (Å²) in [6, 6.07) is 10.4. The van der Waals surface area contributed by atoms with Crippen molar-refractivity contribution in [3.05, 3.63) is 71.9 Å². The van der Waals surface area contributed by atoms with Crippen molar-refractivity contribution in [3.8, 4) is 11.3 Å². The van der Waals surface area contributed by atoms with Crippen LogP contribution in [0, 0.1) is 5.82 Å². The first-order valence-electron chi connectivity index (χ1n) is 10.9. The molecule has 1 amide bonds. The molecule has 1 saturated carbocycles. The van der Waals surface area contributed by atoms with Crippen molar-refractivity contribution in [3.63, 3.8) is 0 Å². The van der Waals surface area contributed by atoms with Crippen molar-refractivity contribution >= 4 is 11.9 Å². The van der Waals surface area contributed by atoms with Crippen LogP contribution in [0.1, 0.15) is 28.8 Å². The van der Waals surface area contributed by atoms with Crippen LogP contribution in [0.3, 0.4) is 0 Å². The van der Waals surface area contributed by atoms with Crippen LogP contribution in [-0.4, -0.2) is 58.1 Å². The largest absolute Gasteiger partial charge is 0.378 e. The van der Waals surface area contributed by atoms with Gasteiger partial charge >= 0.3 is 0 Å². The van der Waals surface area contributed by atoms with Gasteiger partial charge < -0.3 is 14.5 Å². The van der Waals surface area contributed by atoms with Gasteiger partial charge in [0.2, 0.25) is 5.95 Å². The first-order valence-corrected chi connectivity index (χ1v) is 10.9. The molecule has 3 heterocycles. The number of pyridine rings is 1. The van der Waals surface area contributed by atoms with Crippen LogP contribution in [0.5, 0.6) is 0 Å². The Morgan fingerprint density at radius 2 is 1.94 bits per heavy atom. The lowest BCUT2D eigenvalue weighted by molar-refractivity contribution is 0.0729. The van der Waals surface area contributed by atoms with Gasteiger partial charge in [0.15, 0.2) is 0 Å². The Balaban J connectivity index is 1.54. The summed E-state index contributed by atoms with van der Waals surface area (Å²) in [7, 11) is 0. The van der Waals surface area contributed by atoms with Crippen LogP contribution in [0.2, 0.25) is 0 Å². The van der Waals surface area contributed by atoms with E-state index in [-0.39, 0.29) is 11.9 Å².